The zero-order valence-corrected chi connectivity index (χ0v) is 14.5. The van der Waals surface area contributed by atoms with Gasteiger partial charge in [0.2, 0.25) is 5.91 Å². The first-order chi connectivity index (χ1) is 10.9. The van der Waals surface area contributed by atoms with Crippen molar-refractivity contribution in [1.82, 2.24) is 5.32 Å². The Bertz CT molecular complexity index is 721. The highest BCUT2D eigenvalue weighted by atomic mass is 35.5. The maximum atomic E-state index is 12.2. The zero-order valence-electron chi connectivity index (χ0n) is 12.9. The van der Waals surface area contributed by atoms with Crippen LogP contribution in [0.4, 0.5) is 0 Å². The van der Waals surface area contributed by atoms with Crippen molar-refractivity contribution >= 4 is 33.4 Å². The fourth-order valence-corrected chi connectivity index (χ4v) is 3.27. The molecule has 7 heteroatoms. The molecule has 0 bridgehead atoms. The molecule has 1 amide bonds. The van der Waals surface area contributed by atoms with Gasteiger partial charge >= 0.3 is 0 Å². The highest BCUT2D eigenvalue weighted by molar-refractivity contribution is 7.91. The highest BCUT2D eigenvalue weighted by Gasteiger charge is 2.19. The summed E-state index contributed by atoms with van der Waals surface area (Å²) >= 11 is 5.91. The maximum Gasteiger partial charge on any atom is 0.248 e. The Morgan fingerprint density at radius 1 is 1.43 bits per heavy atom. The minimum absolute atomic E-state index is 0.0939. The average molecular weight is 355 g/mol. The summed E-state index contributed by atoms with van der Waals surface area (Å²) in [7, 11) is -3.53. The molecule has 0 radical (unpaired) electrons. The molecule has 0 aliphatic rings. The van der Waals surface area contributed by atoms with Crippen molar-refractivity contribution in [3.63, 3.8) is 0 Å². The van der Waals surface area contributed by atoms with E-state index < -0.39 is 21.5 Å². The predicted octanol–water partition coefficient (Wildman–Crippen LogP) is 2.58. The smallest absolute Gasteiger partial charge is 0.248 e. The number of hydrogen-bond acceptors (Lipinski definition) is 4. The molecule has 1 aromatic carbocycles. The summed E-state index contributed by atoms with van der Waals surface area (Å²) in [5, 5.41) is 11.7. The van der Waals surface area contributed by atoms with E-state index in [1.54, 1.807) is 30.3 Å². The average Bonchev–Trinajstić information content (AvgIpc) is 2.50. The minimum Gasteiger partial charge on any atom is -0.352 e. The fraction of sp³-hybridized carbons (Fsp3) is 0.375. The molecule has 0 aliphatic heterocycles. The zero-order chi connectivity index (χ0) is 17.3. The lowest BCUT2D eigenvalue weighted by Gasteiger charge is -2.09. The van der Waals surface area contributed by atoms with Crippen molar-refractivity contribution in [1.29, 1.82) is 5.26 Å². The second-order valence-corrected chi connectivity index (χ2v) is 7.60. The van der Waals surface area contributed by atoms with Crippen LogP contribution in [0.5, 0.6) is 0 Å². The molecule has 0 saturated carbocycles. The van der Waals surface area contributed by atoms with Crippen molar-refractivity contribution in [3.8, 4) is 6.07 Å². The first-order valence-electron chi connectivity index (χ1n) is 7.19. The van der Waals surface area contributed by atoms with Gasteiger partial charge in [-0.1, -0.05) is 30.7 Å². The van der Waals surface area contributed by atoms with Crippen LogP contribution in [0.15, 0.2) is 29.8 Å². The number of hydrogen-bond donors (Lipinski definition) is 1. The summed E-state index contributed by atoms with van der Waals surface area (Å²) < 4.78 is 24.1. The third-order valence-corrected chi connectivity index (χ3v) is 4.73. The summed E-state index contributed by atoms with van der Waals surface area (Å²) in [4.78, 5) is 12.2. The summed E-state index contributed by atoms with van der Waals surface area (Å²) in [5.41, 5.74) is 0.785. The molecule has 0 saturated heterocycles. The lowest BCUT2D eigenvalue weighted by atomic mass is 10.1. The van der Waals surface area contributed by atoms with Gasteiger partial charge in [0.05, 0.1) is 17.6 Å². The molecule has 23 heavy (non-hydrogen) atoms. The molecular weight excluding hydrogens is 336 g/mol. The third kappa shape index (κ3) is 7.31. The van der Waals surface area contributed by atoms with Crippen LogP contribution >= 0.6 is 11.6 Å². The van der Waals surface area contributed by atoms with Crippen molar-refractivity contribution in [2.45, 2.75) is 19.8 Å². The molecule has 0 aliphatic carbocycles. The Kier molecular flexibility index (Phi) is 7.79. The van der Waals surface area contributed by atoms with Crippen LogP contribution in [-0.4, -0.2) is 32.4 Å². The van der Waals surface area contributed by atoms with Crippen LogP contribution in [-0.2, 0) is 14.6 Å². The highest BCUT2D eigenvalue weighted by Crippen LogP contribution is 2.15. The van der Waals surface area contributed by atoms with Gasteiger partial charge in [-0.25, -0.2) is 8.42 Å². The second kappa shape index (κ2) is 9.33. The van der Waals surface area contributed by atoms with E-state index >= 15 is 0 Å². The normalized spacial score (nSPS) is 11.8. The van der Waals surface area contributed by atoms with Gasteiger partial charge in [-0.2, -0.15) is 5.26 Å². The molecule has 0 unspecified atom stereocenters. The van der Waals surface area contributed by atoms with Crippen molar-refractivity contribution in [2.75, 3.05) is 18.1 Å². The van der Waals surface area contributed by atoms with Crippen LogP contribution in [0, 0.1) is 11.3 Å². The lowest BCUT2D eigenvalue weighted by molar-refractivity contribution is -0.117. The third-order valence-electron chi connectivity index (χ3n) is 2.92. The Morgan fingerprint density at radius 3 is 2.78 bits per heavy atom. The Balaban J connectivity index is 3.07. The molecule has 0 atom stereocenters. The first kappa shape index (κ1) is 19.2. The molecule has 0 aromatic heterocycles. The molecule has 124 valence electrons. The number of halogens is 1. The van der Waals surface area contributed by atoms with E-state index in [-0.39, 0.29) is 17.7 Å². The van der Waals surface area contributed by atoms with Gasteiger partial charge < -0.3 is 5.32 Å². The van der Waals surface area contributed by atoms with Gasteiger partial charge in [-0.15, -0.1) is 0 Å². The monoisotopic (exact) mass is 354 g/mol. The van der Waals surface area contributed by atoms with E-state index in [2.05, 4.69) is 5.32 Å². The Labute approximate surface area is 141 Å². The van der Waals surface area contributed by atoms with Crippen LogP contribution in [0.2, 0.25) is 5.02 Å². The molecule has 1 N–H and O–H groups in total. The van der Waals surface area contributed by atoms with Gasteiger partial charge in [-0.05, 0) is 30.2 Å². The van der Waals surface area contributed by atoms with Crippen molar-refractivity contribution in [2.24, 2.45) is 0 Å². The number of sulfone groups is 1. The first-order valence-corrected chi connectivity index (χ1v) is 9.39. The number of carbonyl (C=O) groups is 1. The van der Waals surface area contributed by atoms with Crippen molar-refractivity contribution in [3.05, 3.63) is 40.4 Å². The SMILES string of the molecule is CCCNC(=O)/C(=C/c1cccc(Cl)c1)CS(=O)(=O)CCC#N. The number of benzene rings is 1. The van der Waals surface area contributed by atoms with Crippen molar-refractivity contribution < 1.29 is 13.2 Å². The standard InChI is InChI=1S/C16H19ClN2O3S/c1-2-8-19-16(20)14(12-23(21,22)9-4-7-18)10-13-5-3-6-15(17)11-13/h3,5-6,10-11H,2,4,8-9,12H2,1H3,(H,19,20)/b14-10+. The van der Waals surface area contributed by atoms with Crippen LogP contribution < -0.4 is 5.32 Å². The molecule has 0 spiro atoms. The fourth-order valence-electron chi connectivity index (χ4n) is 1.83. The number of nitrogens with one attached hydrogen (secondary N) is 1. The topological polar surface area (TPSA) is 87.0 Å². The van der Waals surface area contributed by atoms with Gasteiger partial charge in [0.15, 0.2) is 9.84 Å². The van der Waals surface area contributed by atoms with E-state index in [1.165, 1.54) is 6.08 Å². The number of carbonyl (C=O) groups excluding carboxylic acids is 1. The van der Waals surface area contributed by atoms with Gasteiger partial charge in [0.25, 0.3) is 0 Å². The summed E-state index contributed by atoms with van der Waals surface area (Å²) in [6, 6.07) is 8.60. The largest absolute Gasteiger partial charge is 0.352 e. The number of rotatable bonds is 8. The molecule has 0 fully saturated rings. The molecular formula is C16H19ClN2O3S. The van der Waals surface area contributed by atoms with E-state index in [4.69, 9.17) is 16.9 Å². The second-order valence-electron chi connectivity index (χ2n) is 4.98. The summed E-state index contributed by atoms with van der Waals surface area (Å²) in [5.74, 6) is -1.10. The van der Waals surface area contributed by atoms with E-state index in [0.717, 1.165) is 6.42 Å². The number of nitrogens with zero attached hydrogens (tertiary/aromatic N) is 1. The lowest BCUT2D eigenvalue weighted by Crippen LogP contribution is -2.29. The molecule has 0 heterocycles. The maximum absolute atomic E-state index is 12.2. The van der Waals surface area contributed by atoms with E-state index in [0.29, 0.717) is 17.1 Å². The van der Waals surface area contributed by atoms with Crippen LogP contribution in [0.25, 0.3) is 6.08 Å². The van der Waals surface area contributed by atoms with Crippen LogP contribution in [0.1, 0.15) is 25.3 Å². The van der Waals surface area contributed by atoms with Crippen LogP contribution in [0.3, 0.4) is 0 Å². The van der Waals surface area contributed by atoms with E-state index in [9.17, 15) is 13.2 Å². The molecule has 5 nitrogen and oxygen atoms in total. The minimum atomic E-state index is -3.53. The van der Waals surface area contributed by atoms with Gasteiger partial charge in [-0.3, -0.25) is 4.79 Å². The number of nitriles is 1. The Morgan fingerprint density at radius 2 is 2.17 bits per heavy atom. The number of amides is 1. The Hall–Kier alpha value is -1.84. The van der Waals surface area contributed by atoms with Gasteiger partial charge in [0.1, 0.15) is 0 Å². The molecule has 1 rings (SSSR count). The summed E-state index contributed by atoms with van der Waals surface area (Å²) in [6.45, 7) is 2.37. The summed E-state index contributed by atoms with van der Waals surface area (Å²) in [6.07, 6.45) is 2.17. The molecule has 1 aromatic rings. The van der Waals surface area contributed by atoms with E-state index in [1.807, 2.05) is 6.92 Å². The quantitative estimate of drug-likeness (QED) is 0.727. The predicted molar refractivity (Wildman–Crippen MR) is 91.6 cm³/mol. The van der Waals surface area contributed by atoms with Gasteiger partial charge in [0, 0.05) is 23.6 Å².